The van der Waals surface area contributed by atoms with Crippen molar-refractivity contribution in [1.82, 2.24) is 9.78 Å². The first-order valence-electron chi connectivity index (χ1n) is 12.5. The van der Waals surface area contributed by atoms with E-state index in [0.29, 0.717) is 29.7 Å². The van der Waals surface area contributed by atoms with Crippen LogP contribution >= 0.6 is 0 Å². The number of aromatic nitrogens is 2. The number of aliphatic hydroxyl groups is 1. The van der Waals surface area contributed by atoms with Crippen molar-refractivity contribution in [1.29, 1.82) is 5.26 Å². The summed E-state index contributed by atoms with van der Waals surface area (Å²) in [5, 5.41) is 24.1. The van der Waals surface area contributed by atoms with E-state index >= 15 is 0 Å². The third-order valence-electron chi connectivity index (χ3n) is 10.2. The molecule has 0 spiro atoms. The number of hydrogen-bond acceptors (Lipinski definition) is 4. The maximum Gasteiger partial charge on any atom is 0.157 e. The van der Waals surface area contributed by atoms with Crippen molar-refractivity contribution in [2.24, 2.45) is 40.9 Å². The smallest absolute Gasteiger partial charge is 0.157 e. The highest BCUT2D eigenvalue weighted by atomic mass is 16.3. The molecule has 1 aromatic rings. The van der Waals surface area contributed by atoms with Gasteiger partial charge in [0.05, 0.1) is 23.9 Å². The number of carbonyl (C=O) groups excluding carboxylic acids is 1. The van der Waals surface area contributed by atoms with Gasteiger partial charge in [0, 0.05) is 12.1 Å². The van der Waals surface area contributed by atoms with E-state index < -0.39 is 5.60 Å². The summed E-state index contributed by atoms with van der Waals surface area (Å²) in [5.74, 6) is 4.16. The zero-order valence-electron chi connectivity index (χ0n) is 19.1. The van der Waals surface area contributed by atoms with Crippen LogP contribution in [0, 0.1) is 52.3 Å². The summed E-state index contributed by atoms with van der Waals surface area (Å²) in [4.78, 5) is 13.3. The summed E-state index contributed by atoms with van der Waals surface area (Å²) in [6.45, 7) is 4.83. The van der Waals surface area contributed by atoms with E-state index in [1.165, 1.54) is 38.5 Å². The number of nitrogens with zero attached hydrogens (tertiary/aromatic N) is 3. The van der Waals surface area contributed by atoms with Crippen LogP contribution in [0.2, 0.25) is 0 Å². The second-order valence-electron chi connectivity index (χ2n) is 11.4. The van der Waals surface area contributed by atoms with Crippen LogP contribution in [0.3, 0.4) is 0 Å². The van der Waals surface area contributed by atoms with Gasteiger partial charge in [0.15, 0.2) is 5.78 Å². The molecule has 8 atom stereocenters. The van der Waals surface area contributed by atoms with Crippen LogP contribution in [0.25, 0.3) is 0 Å². The molecule has 4 aliphatic rings. The molecular formula is C26H37N3O2. The predicted molar refractivity (Wildman–Crippen MR) is 118 cm³/mol. The Hall–Kier alpha value is -1.67. The minimum Gasteiger partial charge on any atom is -0.390 e. The second kappa shape index (κ2) is 7.73. The molecule has 1 aromatic heterocycles. The lowest BCUT2D eigenvalue weighted by Crippen LogP contribution is -2.51. The number of Topliss-reactive ketones (excluding diaryl/α,β-unsaturated/α-hetero) is 1. The van der Waals surface area contributed by atoms with Gasteiger partial charge in [-0.3, -0.25) is 9.48 Å². The first kappa shape index (κ1) is 21.2. The number of rotatable bonds is 4. The maximum atomic E-state index is 13.3. The van der Waals surface area contributed by atoms with Crippen LogP contribution in [0.5, 0.6) is 0 Å². The van der Waals surface area contributed by atoms with Gasteiger partial charge < -0.3 is 5.11 Å². The molecule has 0 bridgehead atoms. The number of fused-ring (bicyclic) bond motifs is 5. The third kappa shape index (κ3) is 3.46. The van der Waals surface area contributed by atoms with Gasteiger partial charge in [0.25, 0.3) is 0 Å². The Balaban J connectivity index is 1.29. The van der Waals surface area contributed by atoms with Gasteiger partial charge >= 0.3 is 0 Å². The van der Waals surface area contributed by atoms with Crippen LogP contribution < -0.4 is 0 Å². The number of hydrogen-bond donors (Lipinski definition) is 1. The first-order chi connectivity index (χ1) is 14.9. The van der Waals surface area contributed by atoms with E-state index in [2.05, 4.69) is 25.0 Å². The van der Waals surface area contributed by atoms with Gasteiger partial charge in [-0.1, -0.05) is 13.8 Å². The highest BCUT2D eigenvalue weighted by molar-refractivity contribution is 5.82. The predicted octanol–water partition coefficient (Wildman–Crippen LogP) is 4.73. The van der Waals surface area contributed by atoms with Gasteiger partial charge in [0.1, 0.15) is 6.07 Å². The Morgan fingerprint density at radius 3 is 2.74 bits per heavy atom. The average Bonchev–Trinajstić information content (AvgIpc) is 3.36. The van der Waals surface area contributed by atoms with E-state index in [1.807, 2.05) is 0 Å². The van der Waals surface area contributed by atoms with Gasteiger partial charge in [-0.25, -0.2) is 0 Å². The summed E-state index contributed by atoms with van der Waals surface area (Å²) >= 11 is 0. The molecule has 5 heteroatoms. The van der Waals surface area contributed by atoms with Crippen LogP contribution in [0.1, 0.15) is 83.6 Å². The fraction of sp³-hybridized carbons (Fsp3) is 0.808. The van der Waals surface area contributed by atoms with Gasteiger partial charge in [-0.2, -0.15) is 10.4 Å². The van der Waals surface area contributed by atoms with Gasteiger partial charge in [-0.15, -0.1) is 0 Å². The summed E-state index contributed by atoms with van der Waals surface area (Å²) in [6, 6.07) is 2.10. The van der Waals surface area contributed by atoms with Crippen LogP contribution in [-0.2, 0) is 11.3 Å². The van der Waals surface area contributed by atoms with Crippen LogP contribution in [0.15, 0.2) is 12.4 Å². The summed E-state index contributed by atoms with van der Waals surface area (Å²) < 4.78 is 1.64. The summed E-state index contributed by atoms with van der Waals surface area (Å²) in [5.41, 5.74) is 0.220. The van der Waals surface area contributed by atoms with Crippen molar-refractivity contribution >= 4 is 5.78 Å². The van der Waals surface area contributed by atoms with Crippen molar-refractivity contribution in [3.05, 3.63) is 18.0 Å². The van der Waals surface area contributed by atoms with Crippen molar-refractivity contribution in [2.45, 2.75) is 90.2 Å². The molecule has 8 unspecified atom stereocenters. The molecule has 31 heavy (non-hydrogen) atoms. The average molecular weight is 424 g/mol. The molecule has 0 radical (unpaired) electrons. The Morgan fingerprint density at radius 2 is 2.00 bits per heavy atom. The third-order valence-corrected chi connectivity index (χ3v) is 10.2. The lowest BCUT2D eigenvalue weighted by molar-refractivity contribution is -0.133. The first-order valence-corrected chi connectivity index (χ1v) is 12.5. The van der Waals surface area contributed by atoms with Crippen molar-refractivity contribution < 1.29 is 9.90 Å². The Morgan fingerprint density at radius 1 is 1.19 bits per heavy atom. The largest absolute Gasteiger partial charge is 0.390 e. The second-order valence-corrected chi connectivity index (χ2v) is 11.4. The van der Waals surface area contributed by atoms with E-state index in [0.717, 1.165) is 43.4 Å². The summed E-state index contributed by atoms with van der Waals surface area (Å²) in [7, 11) is 0. The molecule has 4 aliphatic carbocycles. The fourth-order valence-corrected chi connectivity index (χ4v) is 8.59. The molecule has 0 saturated heterocycles. The number of carbonyl (C=O) groups is 1. The number of ketones is 1. The van der Waals surface area contributed by atoms with Crippen LogP contribution in [-0.4, -0.2) is 26.3 Å². The maximum absolute atomic E-state index is 13.3. The molecule has 4 fully saturated rings. The van der Waals surface area contributed by atoms with E-state index in [4.69, 9.17) is 5.26 Å². The highest BCUT2D eigenvalue weighted by Gasteiger charge is 2.58. The molecule has 4 saturated carbocycles. The topological polar surface area (TPSA) is 78.9 Å². The fourth-order valence-electron chi connectivity index (χ4n) is 8.59. The van der Waals surface area contributed by atoms with Crippen molar-refractivity contribution in [2.75, 3.05) is 0 Å². The Bertz CT molecular complexity index is 887. The zero-order chi connectivity index (χ0) is 21.8. The monoisotopic (exact) mass is 423 g/mol. The van der Waals surface area contributed by atoms with Crippen molar-refractivity contribution in [3.63, 3.8) is 0 Å². The van der Waals surface area contributed by atoms with Crippen LogP contribution in [0.4, 0.5) is 0 Å². The minimum absolute atomic E-state index is 0.120. The van der Waals surface area contributed by atoms with E-state index in [1.54, 1.807) is 17.1 Å². The zero-order valence-corrected chi connectivity index (χ0v) is 19.1. The molecular weight excluding hydrogens is 386 g/mol. The molecule has 1 heterocycles. The lowest BCUT2D eigenvalue weighted by atomic mass is 9.48. The van der Waals surface area contributed by atoms with Crippen molar-refractivity contribution in [3.8, 4) is 6.07 Å². The SMILES string of the molecule is CCC1(O)CCC2C(CCC3C2CCC2(C)C(C(=O)Cn4cc(C#N)cn4)CCC32)C1. The standard InChI is InChI=1S/C26H37N3O2/c1-3-26(31)11-9-19-18(12-26)4-5-21-20(19)8-10-25(2)22(21)6-7-23(25)24(30)16-29-15-17(13-27)14-28-29/h14-15,18-23,31H,3-12,16H2,1-2H3. The Kier molecular flexibility index (Phi) is 5.28. The molecule has 1 N–H and O–H groups in total. The minimum atomic E-state index is -0.417. The molecule has 168 valence electrons. The molecule has 0 aliphatic heterocycles. The molecule has 5 nitrogen and oxygen atoms in total. The van der Waals surface area contributed by atoms with Gasteiger partial charge in [0.2, 0.25) is 0 Å². The lowest BCUT2D eigenvalue weighted by Gasteiger charge is -2.57. The van der Waals surface area contributed by atoms with E-state index in [-0.39, 0.29) is 11.3 Å². The van der Waals surface area contributed by atoms with Gasteiger partial charge in [-0.05, 0) is 99.2 Å². The number of nitriles is 1. The quantitative estimate of drug-likeness (QED) is 0.759. The van der Waals surface area contributed by atoms with E-state index in [9.17, 15) is 9.90 Å². The summed E-state index contributed by atoms with van der Waals surface area (Å²) in [6.07, 6.45) is 14.5. The molecule has 5 rings (SSSR count). The normalized spacial score (nSPS) is 44.1. The Labute approximate surface area is 186 Å². The highest BCUT2D eigenvalue weighted by Crippen LogP contribution is 2.64. The molecule has 0 aromatic carbocycles. The molecule has 0 amide bonds.